The molecule has 3 N–H and O–H groups in total. The minimum absolute atomic E-state index is 0.0113. The van der Waals surface area contributed by atoms with E-state index in [-0.39, 0.29) is 37.8 Å². The molecule has 0 aromatic carbocycles. The molecule has 12 heteroatoms. The molecule has 3 heterocycles. The van der Waals surface area contributed by atoms with Crippen LogP contribution in [0.2, 0.25) is 0 Å². The lowest BCUT2D eigenvalue weighted by Crippen LogP contribution is -2.34. The number of ether oxygens (including phenoxy) is 3. The van der Waals surface area contributed by atoms with E-state index >= 15 is 0 Å². The van der Waals surface area contributed by atoms with Crippen LogP contribution in [0.1, 0.15) is 26.5 Å². The first-order valence-electron chi connectivity index (χ1n) is 8.62. The number of nitrogen functional groups attached to an aromatic ring is 1. The lowest BCUT2D eigenvalue weighted by atomic mass is 10.2. The van der Waals surface area contributed by atoms with Crippen molar-refractivity contribution in [1.29, 1.82) is 0 Å². The average Bonchev–Trinajstić information content (AvgIpc) is 3.11. The van der Waals surface area contributed by atoms with Gasteiger partial charge in [0.25, 0.3) is 0 Å². The number of rotatable bonds is 6. The van der Waals surface area contributed by atoms with Crippen molar-refractivity contribution in [2.24, 2.45) is 0 Å². The number of anilines is 1. The quantitative estimate of drug-likeness (QED) is 0.577. The standard InChI is InChI=1S/C16H21N5O7/c1-8(23)26-7-10-5-12(27-9(2)24)14(28-10)21-13-11(6-18-15(17)19-13)20(3-4-22)16(21)25/h6,10,12,14,22H,3-5,7H2,1-2H3,(H2,17,18,19)/t10-,12+,14+/m0/s1. The summed E-state index contributed by atoms with van der Waals surface area (Å²) < 4.78 is 18.6. The van der Waals surface area contributed by atoms with E-state index in [4.69, 9.17) is 19.9 Å². The highest BCUT2D eigenvalue weighted by atomic mass is 16.6. The van der Waals surface area contributed by atoms with Crippen LogP contribution in [0.3, 0.4) is 0 Å². The van der Waals surface area contributed by atoms with Gasteiger partial charge in [0.1, 0.15) is 18.2 Å². The zero-order chi connectivity index (χ0) is 20.4. The SMILES string of the molecule is CC(=O)OC[C@@H]1C[C@@H](OC(C)=O)[C@H](n2c(=O)n(CCO)c3cnc(N)nc32)O1. The minimum atomic E-state index is -1.01. The Bertz CT molecular complexity index is 953. The third-order valence-electron chi connectivity index (χ3n) is 4.24. The van der Waals surface area contributed by atoms with Gasteiger partial charge in [0.2, 0.25) is 5.95 Å². The summed E-state index contributed by atoms with van der Waals surface area (Å²) in [5.74, 6) is -1.08. The fourth-order valence-corrected chi connectivity index (χ4v) is 3.20. The van der Waals surface area contributed by atoms with Crippen LogP contribution < -0.4 is 11.4 Å². The minimum Gasteiger partial charge on any atom is -0.463 e. The normalized spacial score (nSPS) is 21.8. The first-order chi connectivity index (χ1) is 13.3. The highest BCUT2D eigenvalue weighted by molar-refractivity contribution is 5.72. The van der Waals surface area contributed by atoms with Crippen LogP contribution in [0, 0.1) is 0 Å². The van der Waals surface area contributed by atoms with Crippen LogP contribution in [0.4, 0.5) is 5.95 Å². The molecular weight excluding hydrogens is 374 g/mol. The molecule has 0 bridgehead atoms. The lowest BCUT2D eigenvalue weighted by Gasteiger charge is -2.19. The fourth-order valence-electron chi connectivity index (χ4n) is 3.20. The number of hydrogen-bond acceptors (Lipinski definition) is 10. The molecule has 12 nitrogen and oxygen atoms in total. The Morgan fingerprint density at radius 1 is 1.39 bits per heavy atom. The van der Waals surface area contributed by atoms with Crippen molar-refractivity contribution < 1.29 is 28.9 Å². The van der Waals surface area contributed by atoms with Crippen LogP contribution in [-0.2, 0) is 30.3 Å². The van der Waals surface area contributed by atoms with Crippen LogP contribution >= 0.6 is 0 Å². The maximum absolute atomic E-state index is 13.0. The second kappa shape index (κ2) is 7.94. The van der Waals surface area contributed by atoms with Gasteiger partial charge in [0, 0.05) is 20.3 Å². The third kappa shape index (κ3) is 3.82. The predicted molar refractivity (Wildman–Crippen MR) is 94.0 cm³/mol. The molecule has 3 rings (SSSR count). The van der Waals surface area contributed by atoms with Gasteiger partial charge in [-0.15, -0.1) is 0 Å². The maximum Gasteiger partial charge on any atom is 0.332 e. The highest BCUT2D eigenvalue weighted by Gasteiger charge is 2.41. The van der Waals surface area contributed by atoms with E-state index in [0.717, 1.165) is 0 Å². The van der Waals surface area contributed by atoms with E-state index in [0.29, 0.717) is 5.52 Å². The molecule has 152 valence electrons. The van der Waals surface area contributed by atoms with Crippen LogP contribution in [0.15, 0.2) is 11.0 Å². The molecule has 28 heavy (non-hydrogen) atoms. The largest absolute Gasteiger partial charge is 0.463 e. The Labute approximate surface area is 158 Å². The van der Waals surface area contributed by atoms with Gasteiger partial charge < -0.3 is 25.1 Å². The van der Waals surface area contributed by atoms with Crippen LogP contribution in [0.5, 0.6) is 0 Å². The molecule has 0 saturated carbocycles. The molecule has 3 atom stereocenters. The smallest absolute Gasteiger partial charge is 0.332 e. The monoisotopic (exact) mass is 395 g/mol. The Morgan fingerprint density at radius 3 is 2.79 bits per heavy atom. The van der Waals surface area contributed by atoms with E-state index in [1.54, 1.807) is 0 Å². The number of carbonyl (C=O) groups excluding carboxylic acids is 2. The van der Waals surface area contributed by atoms with Crippen molar-refractivity contribution in [3.8, 4) is 0 Å². The number of aliphatic hydroxyl groups excluding tert-OH is 1. The number of hydrogen-bond donors (Lipinski definition) is 2. The van der Waals surface area contributed by atoms with E-state index in [1.807, 2.05) is 0 Å². The molecule has 2 aromatic rings. The number of aromatic nitrogens is 4. The van der Waals surface area contributed by atoms with Gasteiger partial charge >= 0.3 is 17.6 Å². The first-order valence-corrected chi connectivity index (χ1v) is 8.62. The Kier molecular flexibility index (Phi) is 5.61. The Hall–Kier alpha value is -2.99. The third-order valence-corrected chi connectivity index (χ3v) is 4.24. The summed E-state index contributed by atoms with van der Waals surface area (Å²) in [7, 11) is 0. The van der Waals surface area contributed by atoms with Gasteiger partial charge in [-0.05, 0) is 0 Å². The molecule has 2 aromatic heterocycles. The summed E-state index contributed by atoms with van der Waals surface area (Å²) >= 11 is 0. The van der Waals surface area contributed by atoms with Gasteiger partial charge in [0.15, 0.2) is 11.9 Å². The summed E-state index contributed by atoms with van der Waals surface area (Å²) in [6.45, 7) is 2.19. The number of nitrogens with zero attached hydrogens (tertiary/aromatic N) is 4. The van der Waals surface area contributed by atoms with Gasteiger partial charge in [0.05, 0.1) is 25.5 Å². The van der Waals surface area contributed by atoms with Gasteiger partial charge in [-0.3, -0.25) is 14.2 Å². The predicted octanol–water partition coefficient (Wildman–Crippen LogP) is -1.05. The van der Waals surface area contributed by atoms with Crippen molar-refractivity contribution in [3.05, 3.63) is 16.7 Å². The van der Waals surface area contributed by atoms with Crippen molar-refractivity contribution in [2.45, 2.75) is 45.2 Å². The number of esters is 2. The molecule has 0 spiro atoms. The van der Waals surface area contributed by atoms with Crippen molar-refractivity contribution in [1.82, 2.24) is 19.1 Å². The van der Waals surface area contributed by atoms with Crippen LogP contribution in [0.25, 0.3) is 11.2 Å². The first kappa shape index (κ1) is 19.8. The average molecular weight is 395 g/mol. The summed E-state index contributed by atoms with van der Waals surface area (Å²) in [6.07, 6.45) is -0.802. The Morgan fingerprint density at radius 2 is 2.14 bits per heavy atom. The molecule has 1 saturated heterocycles. The summed E-state index contributed by atoms with van der Waals surface area (Å²) in [4.78, 5) is 43.6. The summed E-state index contributed by atoms with van der Waals surface area (Å²) in [6, 6.07) is 0. The summed E-state index contributed by atoms with van der Waals surface area (Å²) in [5.41, 5.74) is 5.67. The molecule has 1 fully saturated rings. The second-order valence-corrected chi connectivity index (χ2v) is 6.30. The van der Waals surface area contributed by atoms with Gasteiger partial charge in [-0.25, -0.2) is 14.3 Å². The van der Waals surface area contributed by atoms with Gasteiger partial charge in [-0.2, -0.15) is 4.98 Å². The van der Waals surface area contributed by atoms with Crippen molar-refractivity contribution in [3.63, 3.8) is 0 Å². The van der Waals surface area contributed by atoms with E-state index in [2.05, 4.69) is 9.97 Å². The van der Waals surface area contributed by atoms with Crippen LogP contribution in [-0.4, -0.2) is 61.6 Å². The zero-order valence-electron chi connectivity index (χ0n) is 15.4. The van der Waals surface area contributed by atoms with E-state index < -0.39 is 36.1 Å². The number of aliphatic hydroxyl groups is 1. The summed E-state index contributed by atoms with van der Waals surface area (Å²) in [5, 5.41) is 9.28. The van der Waals surface area contributed by atoms with E-state index in [9.17, 15) is 19.5 Å². The molecule has 0 radical (unpaired) electrons. The molecule has 1 aliphatic rings. The number of carbonyl (C=O) groups is 2. The molecule has 0 unspecified atom stereocenters. The lowest BCUT2D eigenvalue weighted by molar-refractivity contribution is -0.153. The number of imidazole rings is 1. The molecule has 0 amide bonds. The number of fused-ring (bicyclic) bond motifs is 1. The molecule has 0 aliphatic carbocycles. The highest BCUT2D eigenvalue weighted by Crippen LogP contribution is 2.32. The number of nitrogens with two attached hydrogens (primary N) is 1. The van der Waals surface area contributed by atoms with Crippen molar-refractivity contribution >= 4 is 29.1 Å². The van der Waals surface area contributed by atoms with Gasteiger partial charge in [-0.1, -0.05) is 0 Å². The Balaban J connectivity index is 2.05. The maximum atomic E-state index is 13.0. The van der Waals surface area contributed by atoms with E-state index in [1.165, 1.54) is 29.2 Å². The zero-order valence-corrected chi connectivity index (χ0v) is 15.4. The topological polar surface area (TPSA) is 161 Å². The molecule has 1 aliphatic heterocycles. The van der Waals surface area contributed by atoms with Crippen molar-refractivity contribution in [2.75, 3.05) is 18.9 Å². The second-order valence-electron chi connectivity index (χ2n) is 6.30. The fraction of sp³-hybridized carbons (Fsp3) is 0.562. The molecular formula is C16H21N5O7.